The van der Waals surface area contributed by atoms with Crippen molar-refractivity contribution in [2.24, 2.45) is 0 Å². The molecule has 2 atom stereocenters. The van der Waals surface area contributed by atoms with Crippen LogP contribution in [0.1, 0.15) is 26.7 Å². The molecule has 0 aromatic rings. The van der Waals surface area contributed by atoms with Crippen LogP contribution < -0.4 is 0 Å². The van der Waals surface area contributed by atoms with E-state index in [-0.39, 0.29) is 0 Å². The van der Waals surface area contributed by atoms with Crippen molar-refractivity contribution in [2.45, 2.75) is 37.8 Å². The van der Waals surface area contributed by atoms with Crippen molar-refractivity contribution in [3.05, 3.63) is 24.3 Å². The summed E-state index contributed by atoms with van der Waals surface area (Å²) in [5.41, 5.74) is -0.882. The van der Waals surface area contributed by atoms with Gasteiger partial charge in [-0.05, 0) is 25.0 Å². The first-order valence-corrected chi connectivity index (χ1v) is 5.34. The zero-order valence-electron chi connectivity index (χ0n) is 8.04. The second-order valence-electron chi connectivity index (χ2n) is 2.51. The van der Waals surface area contributed by atoms with E-state index >= 15 is 0 Å². The van der Waals surface area contributed by atoms with Crippen LogP contribution in [0, 0.1) is 0 Å². The van der Waals surface area contributed by atoms with Gasteiger partial charge in [0.15, 0.2) is 11.1 Å². The molecule has 0 amide bonds. The van der Waals surface area contributed by atoms with Gasteiger partial charge >= 0.3 is 0 Å². The summed E-state index contributed by atoms with van der Waals surface area (Å²) in [6.07, 6.45) is 9.37. The molecular formula is C10H16Cl2O. The van der Waals surface area contributed by atoms with Gasteiger partial charge in [0.05, 0.1) is 0 Å². The highest BCUT2D eigenvalue weighted by atomic mass is 35.5. The molecule has 0 heterocycles. The van der Waals surface area contributed by atoms with E-state index in [9.17, 15) is 0 Å². The first-order chi connectivity index (χ1) is 6.20. The number of hydrogen-bond donors (Lipinski definition) is 0. The van der Waals surface area contributed by atoms with Gasteiger partial charge in [0.2, 0.25) is 0 Å². The Bertz CT molecular complexity index is 148. The number of alkyl halides is 2. The summed E-state index contributed by atoms with van der Waals surface area (Å²) in [4.78, 5) is 0. The van der Waals surface area contributed by atoms with Crippen molar-refractivity contribution in [3.8, 4) is 0 Å². The lowest BCUT2D eigenvalue weighted by atomic mass is 10.4. The van der Waals surface area contributed by atoms with Crippen LogP contribution in [0.25, 0.3) is 0 Å². The van der Waals surface area contributed by atoms with Crippen LogP contribution >= 0.6 is 23.2 Å². The molecule has 0 saturated heterocycles. The fourth-order valence-corrected chi connectivity index (χ4v) is 1.18. The molecule has 0 bridgehead atoms. The molecule has 0 aliphatic heterocycles. The molecule has 2 unspecified atom stereocenters. The molecule has 0 fully saturated rings. The number of rotatable bonds is 6. The highest BCUT2D eigenvalue weighted by molar-refractivity contribution is 6.23. The van der Waals surface area contributed by atoms with E-state index in [1.54, 1.807) is 12.2 Å². The number of allylic oxidation sites excluding steroid dienone is 2. The monoisotopic (exact) mass is 222 g/mol. The Balaban J connectivity index is 3.70. The van der Waals surface area contributed by atoms with Gasteiger partial charge in [-0.2, -0.15) is 0 Å². The van der Waals surface area contributed by atoms with Gasteiger partial charge in [-0.15, -0.1) is 0 Å². The van der Waals surface area contributed by atoms with Crippen molar-refractivity contribution in [1.82, 2.24) is 0 Å². The molecule has 0 aromatic heterocycles. The van der Waals surface area contributed by atoms with E-state index in [0.29, 0.717) is 0 Å². The zero-order valence-corrected chi connectivity index (χ0v) is 9.55. The van der Waals surface area contributed by atoms with E-state index in [2.05, 4.69) is 0 Å². The SMILES string of the molecule is CCC=CC(Cl)OC(Cl)C=CCC. The average molecular weight is 223 g/mol. The van der Waals surface area contributed by atoms with Crippen LogP contribution in [0.5, 0.6) is 0 Å². The Labute approximate surface area is 90.4 Å². The Morgan fingerprint density at radius 3 is 1.69 bits per heavy atom. The molecule has 0 rings (SSSR count). The van der Waals surface area contributed by atoms with Crippen LogP contribution in [-0.4, -0.2) is 11.1 Å². The summed E-state index contributed by atoms with van der Waals surface area (Å²) in [5, 5.41) is 0. The van der Waals surface area contributed by atoms with Crippen LogP contribution in [0.15, 0.2) is 24.3 Å². The van der Waals surface area contributed by atoms with Crippen LogP contribution in [0.3, 0.4) is 0 Å². The molecule has 1 nitrogen and oxygen atoms in total. The molecule has 0 N–H and O–H groups in total. The molecule has 0 aliphatic rings. The summed E-state index contributed by atoms with van der Waals surface area (Å²) in [7, 11) is 0. The van der Waals surface area contributed by atoms with E-state index < -0.39 is 11.1 Å². The second kappa shape index (κ2) is 8.61. The Morgan fingerprint density at radius 2 is 1.38 bits per heavy atom. The lowest BCUT2D eigenvalue weighted by Crippen LogP contribution is -2.08. The van der Waals surface area contributed by atoms with Crippen molar-refractivity contribution < 1.29 is 4.74 Å². The van der Waals surface area contributed by atoms with Gasteiger partial charge in [0, 0.05) is 0 Å². The van der Waals surface area contributed by atoms with Crippen molar-refractivity contribution in [1.29, 1.82) is 0 Å². The number of ether oxygens (including phenoxy) is 1. The van der Waals surface area contributed by atoms with Crippen molar-refractivity contribution >= 4 is 23.2 Å². The largest absolute Gasteiger partial charge is 0.336 e. The van der Waals surface area contributed by atoms with Crippen molar-refractivity contribution in [2.75, 3.05) is 0 Å². The standard InChI is InChI=1S/C10H16Cl2O/c1-3-5-7-9(11)13-10(12)8-6-4-2/h5-10H,3-4H2,1-2H3. The van der Waals surface area contributed by atoms with E-state index in [1.807, 2.05) is 26.0 Å². The van der Waals surface area contributed by atoms with E-state index in [1.165, 1.54) is 0 Å². The normalized spacial score (nSPS) is 16.9. The Morgan fingerprint density at radius 1 is 1.00 bits per heavy atom. The molecular weight excluding hydrogens is 207 g/mol. The predicted octanol–water partition coefficient (Wildman–Crippen LogP) is 4.07. The second-order valence-corrected chi connectivity index (χ2v) is 3.37. The molecule has 3 heteroatoms. The maximum absolute atomic E-state index is 5.81. The van der Waals surface area contributed by atoms with Gasteiger partial charge in [0.25, 0.3) is 0 Å². The third-order valence-corrected chi connectivity index (χ3v) is 1.80. The maximum atomic E-state index is 5.81. The summed E-state index contributed by atoms with van der Waals surface area (Å²) in [6, 6.07) is 0. The smallest absolute Gasteiger partial charge is 0.152 e. The van der Waals surface area contributed by atoms with Crippen LogP contribution in [0.4, 0.5) is 0 Å². The van der Waals surface area contributed by atoms with Crippen LogP contribution in [0.2, 0.25) is 0 Å². The minimum absolute atomic E-state index is 0.441. The molecule has 0 saturated carbocycles. The highest BCUT2D eigenvalue weighted by Gasteiger charge is 2.04. The van der Waals surface area contributed by atoms with Crippen LogP contribution in [-0.2, 0) is 4.74 Å². The summed E-state index contributed by atoms with van der Waals surface area (Å²) < 4.78 is 5.21. The summed E-state index contributed by atoms with van der Waals surface area (Å²) >= 11 is 11.6. The fraction of sp³-hybridized carbons (Fsp3) is 0.600. The molecule has 13 heavy (non-hydrogen) atoms. The van der Waals surface area contributed by atoms with Gasteiger partial charge in [-0.25, -0.2) is 0 Å². The minimum Gasteiger partial charge on any atom is -0.336 e. The van der Waals surface area contributed by atoms with Crippen molar-refractivity contribution in [3.63, 3.8) is 0 Å². The number of hydrogen-bond acceptors (Lipinski definition) is 1. The Hall–Kier alpha value is 0.0200. The van der Waals surface area contributed by atoms with Gasteiger partial charge < -0.3 is 4.74 Å². The van der Waals surface area contributed by atoms with Gasteiger partial charge in [0.1, 0.15) is 0 Å². The Kier molecular flexibility index (Phi) is 8.62. The quantitative estimate of drug-likeness (QED) is 0.487. The maximum Gasteiger partial charge on any atom is 0.152 e. The van der Waals surface area contributed by atoms with Gasteiger partial charge in [-0.3, -0.25) is 0 Å². The number of halogens is 2. The minimum atomic E-state index is -0.441. The molecule has 0 radical (unpaired) electrons. The fourth-order valence-electron chi connectivity index (χ4n) is 0.701. The topological polar surface area (TPSA) is 9.23 Å². The predicted molar refractivity (Wildman–Crippen MR) is 59.2 cm³/mol. The third-order valence-electron chi connectivity index (χ3n) is 1.31. The molecule has 76 valence electrons. The summed E-state index contributed by atoms with van der Waals surface area (Å²) in [6.45, 7) is 4.07. The molecule has 0 spiro atoms. The van der Waals surface area contributed by atoms with E-state index in [4.69, 9.17) is 27.9 Å². The van der Waals surface area contributed by atoms with Gasteiger partial charge in [-0.1, -0.05) is 49.2 Å². The zero-order chi connectivity index (χ0) is 10.1. The highest BCUT2D eigenvalue weighted by Crippen LogP contribution is 2.10. The summed E-state index contributed by atoms with van der Waals surface area (Å²) in [5.74, 6) is 0. The lowest BCUT2D eigenvalue weighted by molar-refractivity contribution is 0.137. The third kappa shape index (κ3) is 8.35. The molecule has 0 aromatic carbocycles. The molecule has 0 aliphatic carbocycles. The first kappa shape index (κ1) is 13.0. The average Bonchev–Trinajstić information content (AvgIpc) is 2.11. The lowest BCUT2D eigenvalue weighted by Gasteiger charge is -2.09. The first-order valence-electron chi connectivity index (χ1n) is 4.47. The van der Waals surface area contributed by atoms with E-state index in [0.717, 1.165) is 12.8 Å².